The van der Waals surface area contributed by atoms with Crippen molar-refractivity contribution in [2.45, 2.75) is 37.2 Å². The van der Waals surface area contributed by atoms with Gasteiger partial charge in [-0.15, -0.1) is 11.8 Å². The summed E-state index contributed by atoms with van der Waals surface area (Å²) in [7, 11) is 0. The first-order chi connectivity index (χ1) is 11.6. The van der Waals surface area contributed by atoms with Crippen molar-refractivity contribution in [3.05, 3.63) is 58.3 Å². The lowest BCUT2D eigenvalue weighted by atomic mass is 10.1. The van der Waals surface area contributed by atoms with Crippen LogP contribution in [0.2, 0.25) is 0 Å². The predicted molar refractivity (Wildman–Crippen MR) is 101 cm³/mol. The third kappa shape index (κ3) is 5.92. The monoisotopic (exact) mass is 408 g/mol. The number of nitrogens with one attached hydrogen (secondary N) is 1. The average molecular weight is 409 g/mol. The van der Waals surface area contributed by atoms with Crippen LogP contribution in [0.4, 0.5) is 0 Å². The van der Waals surface area contributed by atoms with E-state index in [0.29, 0.717) is 19.4 Å². The molecule has 4 nitrogen and oxygen atoms in total. The molecule has 128 valence electrons. The number of aryl methyl sites for hydroxylation is 1. The van der Waals surface area contributed by atoms with Crippen LogP contribution < -0.4 is 5.32 Å². The van der Waals surface area contributed by atoms with Gasteiger partial charge in [-0.1, -0.05) is 28.9 Å². The van der Waals surface area contributed by atoms with E-state index in [2.05, 4.69) is 39.2 Å². The molecule has 0 aliphatic rings. The summed E-state index contributed by atoms with van der Waals surface area (Å²) in [4.78, 5) is 16.7. The number of aliphatic carboxylic acids is 1. The Morgan fingerprint density at radius 1 is 1.33 bits per heavy atom. The molecule has 0 amide bonds. The number of nitrogens with zero attached hydrogens (tertiary/aromatic N) is 1. The fraction of sp³-hybridized carbons (Fsp3) is 0.333. The third-order valence-corrected chi connectivity index (χ3v) is 5.11. The first-order valence-electron chi connectivity index (χ1n) is 7.86. The molecule has 2 rings (SSSR count). The number of hydrogen-bond donors (Lipinski definition) is 2. The number of pyridine rings is 1. The summed E-state index contributed by atoms with van der Waals surface area (Å²) in [5.74, 6) is 0.166. The Morgan fingerprint density at radius 2 is 2.08 bits per heavy atom. The fourth-order valence-corrected chi connectivity index (χ4v) is 3.73. The van der Waals surface area contributed by atoms with E-state index >= 15 is 0 Å². The van der Waals surface area contributed by atoms with Crippen LogP contribution in [0.3, 0.4) is 0 Å². The molecule has 2 N–H and O–H groups in total. The second-order valence-electron chi connectivity index (χ2n) is 5.35. The Bertz CT molecular complexity index is 667. The van der Waals surface area contributed by atoms with Crippen LogP contribution in [0.15, 0.2) is 52.1 Å². The van der Waals surface area contributed by atoms with Crippen LogP contribution >= 0.6 is 27.7 Å². The summed E-state index contributed by atoms with van der Waals surface area (Å²) >= 11 is 5.25. The molecule has 0 bridgehead atoms. The van der Waals surface area contributed by atoms with Gasteiger partial charge in [-0.25, -0.2) is 0 Å². The van der Waals surface area contributed by atoms with Gasteiger partial charge < -0.3 is 10.4 Å². The number of rotatable bonds is 9. The second kappa shape index (κ2) is 9.81. The minimum atomic E-state index is -0.814. The highest BCUT2D eigenvalue weighted by molar-refractivity contribution is 9.10. The van der Waals surface area contributed by atoms with Gasteiger partial charge in [0.2, 0.25) is 0 Å². The van der Waals surface area contributed by atoms with E-state index in [1.807, 2.05) is 24.3 Å². The number of carboxylic acid groups (broad SMARTS) is 1. The van der Waals surface area contributed by atoms with Crippen LogP contribution in [0.1, 0.15) is 24.5 Å². The molecule has 24 heavy (non-hydrogen) atoms. The van der Waals surface area contributed by atoms with Crippen molar-refractivity contribution in [3.8, 4) is 0 Å². The molecule has 1 heterocycles. The van der Waals surface area contributed by atoms with Gasteiger partial charge in [0, 0.05) is 28.3 Å². The number of halogens is 1. The molecule has 1 atom stereocenters. The Labute approximate surface area is 155 Å². The van der Waals surface area contributed by atoms with Crippen molar-refractivity contribution in [2.24, 2.45) is 0 Å². The molecule has 1 aromatic heterocycles. The van der Waals surface area contributed by atoms with Crippen molar-refractivity contribution in [1.82, 2.24) is 10.3 Å². The molecule has 0 aliphatic carbocycles. The van der Waals surface area contributed by atoms with Gasteiger partial charge in [-0.3, -0.25) is 9.78 Å². The van der Waals surface area contributed by atoms with Gasteiger partial charge in [0.1, 0.15) is 6.04 Å². The minimum Gasteiger partial charge on any atom is -0.480 e. The Kier molecular flexibility index (Phi) is 7.75. The smallest absolute Gasteiger partial charge is 0.320 e. The SMILES string of the molecule is CCSc1cc(Br)ccc1CNC(CCc1ccncc1)C(=O)O. The standard InChI is InChI=1S/C18H21BrN2O2S/c1-2-24-17-11-15(19)5-4-14(17)12-21-16(18(22)23)6-3-13-7-9-20-10-8-13/h4-5,7-11,16,21H,2-3,6,12H2,1H3,(H,22,23). The van der Waals surface area contributed by atoms with Crippen molar-refractivity contribution in [1.29, 1.82) is 0 Å². The highest BCUT2D eigenvalue weighted by atomic mass is 79.9. The summed E-state index contributed by atoms with van der Waals surface area (Å²) < 4.78 is 1.04. The van der Waals surface area contributed by atoms with Gasteiger partial charge in [0.15, 0.2) is 0 Å². The summed E-state index contributed by atoms with van der Waals surface area (Å²) in [6.07, 6.45) is 4.72. The van der Waals surface area contributed by atoms with E-state index < -0.39 is 12.0 Å². The Morgan fingerprint density at radius 3 is 2.75 bits per heavy atom. The molecule has 2 aromatic rings. The maximum atomic E-state index is 11.5. The lowest BCUT2D eigenvalue weighted by molar-refractivity contribution is -0.139. The molecular weight excluding hydrogens is 388 g/mol. The normalized spacial score (nSPS) is 12.1. The van der Waals surface area contributed by atoms with E-state index in [1.54, 1.807) is 24.2 Å². The molecule has 0 aliphatic heterocycles. The largest absolute Gasteiger partial charge is 0.480 e. The molecule has 0 saturated carbocycles. The summed E-state index contributed by atoms with van der Waals surface area (Å²) in [5, 5.41) is 12.6. The first kappa shape index (κ1) is 19.0. The molecule has 0 saturated heterocycles. The van der Waals surface area contributed by atoms with Crippen LogP contribution in [-0.2, 0) is 17.8 Å². The molecular formula is C18H21BrN2O2S. The van der Waals surface area contributed by atoms with Gasteiger partial charge in [0.05, 0.1) is 0 Å². The number of benzene rings is 1. The van der Waals surface area contributed by atoms with E-state index in [0.717, 1.165) is 21.4 Å². The number of thioether (sulfide) groups is 1. The summed E-state index contributed by atoms with van der Waals surface area (Å²) in [5.41, 5.74) is 2.23. The summed E-state index contributed by atoms with van der Waals surface area (Å²) in [6, 6.07) is 9.38. The Balaban J connectivity index is 1.97. The zero-order chi connectivity index (χ0) is 17.4. The first-order valence-corrected chi connectivity index (χ1v) is 9.64. The number of hydrogen-bond acceptors (Lipinski definition) is 4. The van der Waals surface area contributed by atoms with Crippen molar-refractivity contribution < 1.29 is 9.90 Å². The van der Waals surface area contributed by atoms with Gasteiger partial charge >= 0.3 is 5.97 Å². The van der Waals surface area contributed by atoms with E-state index in [9.17, 15) is 9.90 Å². The molecule has 0 spiro atoms. The van der Waals surface area contributed by atoms with Crippen molar-refractivity contribution >= 4 is 33.7 Å². The van der Waals surface area contributed by atoms with Crippen molar-refractivity contribution in [2.75, 3.05) is 5.75 Å². The predicted octanol–water partition coefficient (Wildman–Crippen LogP) is 4.13. The van der Waals surface area contributed by atoms with Crippen LogP contribution in [-0.4, -0.2) is 27.9 Å². The lowest BCUT2D eigenvalue weighted by Crippen LogP contribution is -2.36. The molecule has 6 heteroatoms. The highest BCUT2D eigenvalue weighted by Gasteiger charge is 2.17. The van der Waals surface area contributed by atoms with Crippen LogP contribution in [0, 0.1) is 0 Å². The third-order valence-electron chi connectivity index (χ3n) is 3.64. The molecule has 0 radical (unpaired) electrons. The maximum absolute atomic E-state index is 11.5. The van der Waals surface area contributed by atoms with Crippen LogP contribution in [0.25, 0.3) is 0 Å². The lowest BCUT2D eigenvalue weighted by Gasteiger charge is -2.16. The topological polar surface area (TPSA) is 62.2 Å². The molecule has 1 unspecified atom stereocenters. The van der Waals surface area contributed by atoms with Crippen LogP contribution in [0.5, 0.6) is 0 Å². The highest BCUT2D eigenvalue weighted by Crippen LogP contribution is 2.26. The van der Waals surface area contributed by atoms with Gasteiger partial charge in [-0.05, 0) is 54.0 Å². The molecule has 1 aromatic carbocycles. The average Bonchev–Trinajstić information content (AvgIpc) is 2.57. The second-order valence-corrected chi connectivity index (χ2v) is 7.57. The quantitative estimate of drug-likeness (QED) is 0.610. The minimum absolute atomic E-state index is 0.545. The zero-order valence-corrected chi connectivity index (χ0v) is 15.9. The van der Waals surface area contributed by atoms with Gasteiger partial charge in [0.25, 0.3) is 0 Å². The van der Waals surface area contributed by atoms with Crippen molar-refractivity contribution in [3.63, 3.8) is 0 Å². The number of aromatic nitrogens is 1. The summed E-state index contributed by atoms with van der Waals surface area (Å²) in [6.45, 7) is 2.65. The Hall–Kier alpha value is -1.37. The number of carboxylic acids is 1. The fourth-order valence-electron chi connectivity index (χ4n) is 2.37. The van der Waals surface area contributed by atoms with E-state index in [4.69, 9.17) is 0 Å². The van der Waals surface area contributed by atoms with E-state index in [-0.39, 0.29) is 0 Å². The zero-order valence-electron chi connectivity index (χ0n) is 13.5. The number of carbonyl (C=O) groups is 1. The maximum Gasteiger partial charge on any atom is 0.320 e. The van der Waals surface area contributed by atoms with E-state index in [1.165, 1.54) is 4.90 Å². The van der Waals surface area contributed by atoms with Gasteiger partial charge in [-0.2, -0.15) is 0 Å². The molecule has 0 fully saturated rings.